The first-order valence-electron chi connectivity index (χ1n) is 7.28. The molecule has 0 amide bonds. The Balaban J connectivity index is 0.00000156. The lowest BCUT2D eigenvalue weighted by Gasteiger charge is -2.08. The monoisotopic (exact) mass is 301 g/mol. The molecule has 0 fully saturated rings. The molecule has 0 unspecified atom stereocenters. The zero-order valence-corrected chi connectivity index (χ0v) is 12.3. The number of hydrogen-bond acceptors (Lipinski definition) is 2. The zero-order chi connectivity index (χ0) is 14.9. The molecule has 114 valence electrons. The molecule has 0 atom stereocenters. The summed E-state index contributed by atoms with van der Waals surface area (Å²) >= 11 is 0. The summed E-state index contributed by atoms with van der Waals surface area (Å²) in [6.07, 6.45) is 3.79. The van der Waals surface area contributed by atoms with E-state index in [1.807, 2.05) is 37.5 Å². The van der Waals surface area contributed by atoms with E-state index in [0.717, 1.165) is 33.7 Å². The molecule has 0 aliphatic carbocycles. The number of benzene rings is 2. The standard InChI is InChI=1S/C19H15N3.CH4/c1-14-20-11-12-22(14)17-8-10-19-16(13-17)7-9-18(21-19)15-5-3-2-4-6-15;/h2-13H,1H3;1H4. The molecule has 0 N–H and O–H groups in total. The minimum Gasteiger partial charge on any atom is -0.304 e. The van der Waals surface area contributed by atoms with Gasteiger partial charge in [-0.2, -0.15) is 0 Å². The highest BCUT2D eigenvalue weighted by Gasteiger charge is 2.04. The van der Waals surface area contributed by atoms with E-state index < -0.39 is 0 Å². The van der Waals surface area contributed by atoms with Gasteiger partial charge >= 0.3 is 0 Å². The highest BCUT2D eigenvalue weighted by molar-refractivity contribution is 5.83. The van der Waals surface area contributed by atoms with Crippen LogP contribution >= 0.6 is 0 Å². The Labute approximate surface area is 136 Å². The van der Waals surface area contributed by atoms with Crippen molar-refractivity contribution in [1.29, 1.82) is 0 Å². The van der Waals surface area contributed by atoms with Crippen LogP contribution in [0, 0.1) is 6.92 Å². The Morgan fingerprint density at radius 3 is 2.48 bits per heavy atom. The van der Waals surface area contributed by atoms with E-state index in [1.54, 1.807) is 0 Å². The molecule has 2 heterocycles. The lowest BCUT2D eigenvalue weighted by Crippen LogP contribution is -1.95. The Morgan fingerprint density at radius 1 is 0.913 bits per heavy atom. The first-order valence-corrected chi connectivity index (χ1v) is 7.28. The van der Waals surface area contributed by atoms with Gasteiger partial charge in [0.1, 0.15) is 5.82 Å². The van der Waals surface area contributed by atoms with Crippen LogP contribution in [0.2, 0.25) is 0 Å². The number of pyridine rings is 1. The van der Waals surface area contributed by atoms with Crippen LogP contribution in [0.3, 0.4) is 0 Å². The maximum Gasteiger partial charge on any atom is 0.110 e. The summed E-state index contributed by atoms with van der Waals surface area (Å²) in [6, 6.07) is 20.7. The third-order valence-electron chi connectivity index (χ3n) is 3.85. The predicted octanol–water partition coefficient (Wildman–Crippen LogP) is 5.03. The Hall–Kier alpha value is -2.94. The van der Waals surface area contributed by atoms with Crippen LogP contribution < -0.4 is 0 Å². The second kappa shape index (κ2) is 6.05. The summed E-state index contributed by atoms with van der Waals surface area (Å²) in [5, 5.41) is 1.13. The fourth-order valence-corrected chi connectivity index (χ4v) is 2.68. The SMILES string of the molecule is C.Cc1nccn1-c1ccc2nc(-c3ccccc3)ccc2c1. The van der Waals surface area contributed by atoms with Crippen molar-refractivity contribution in [3.05, 3.63) is 78.9 Å². The first-order chi connectivity index (χ1) is 10.8. The Morgan fingerprint density at radius 2 is 1.74 bits per heavy atom. The summed E-state index contributed by atoms with van der Waals surface area (Å²) in [6.45, 7) is 2.00. The molecular formula is C20H19N3. The molecule has 0 saturated carbocycles. The number of nitrogens with zero attached hydrogens (tertiary/aromatic N) is 3. The molecule has 0 spiro atoms. The number of fused-ring (bicyclic) bond motifs is 1. The zero-order valence-electron chi connectivity index (χ0n) is 12.3. The molecule has 23 heavy (non-hydrogen) atoms. The van der Waals surface area contributed by atoms with Crippen LogP contribution in [0.15, 0.2) is 73.1 Å². The second-order valence-corrected chi connectivity index (χ2v) is 5.28. The number of aromatic nitrogens is 3. The second-order valence-electron chi connectivity index (χ2n) is 5.28. The van der Waals surface area contributed by atoms with Gasteiger partial charge in [-0.25, -0.2) is 9.97 Å². The van der Waals surface area contributed by atoms with Crippen molar-refractivity contribution < 1.29 is 0 Å². The van der Waals surface area contributed by atoms with Crippen molar-refractivity contribution in [3.63, 3.8) is 0 Å². The highest BCUT2D eigenvalue weighted by Crippen LogP contribution is 2.23. The third kappa shape index (κ3) is 2.73. The van der Waals surface area contributed by atoms with E-state index in [-0.39, 0.29) is 7.43 Å². The summed E-state index contributed by atoms with van der Waals surface area (Å²) in [7, 11) is 0. The topological polar surface area (TPSA) is 30.7 Å². The number of rotatable bonds is 2. The number of aryl methyl sites for hydroxylation is 1. The van der Waals surface area contributed by atoms with Crippen LogP contribution in [0.4, 0.5) is 0 Å². The van der Waals surface area contributed by atoms with E-state index >= 15 is 0 Å². The lowest BCUT2D eigenvalue weighted by atomic mass is 10.1. The fourth-order valence-electron chi connectivity index (χ4n) is 2.68. The van der Waals surface area contributed by atoms with Crippen molar-refractivity contribution in [3.8, 4) is 16.9 Å². The van der Waals surface area contributed by atoms with Gasteiger partial charge < -0.3 is 4.57 Å². The molecular weight excluding hydrogens is 282 g/mol. The van der Waals surface area contributed by atoms with Crippen molar-refractivity contribution in [2.24, 2.45) is 0 Å². The van der Waals surface area contributed by atoms with Gasteiger partial charge in [0.15, 0.2) is 0 Å². The maximum atomic E-state index is 4.77. The van der Waals surface area contributed by atoms with Gasteiger partial charge in [-0.1, -0.05) is 43.8 Å². The summed E-state index contributed by atoms with van der Waals surface area (Å²) < 4.78 is 2.07. The fraction of sp³-hybridized carbons (Fsp3) is 0.100. The van der Waals surface area contributed by atoms with Gasteiger partial charge in [-0.3, -0.25) is 0 Å². The molecule has 0 saturated heterocycles. The Kier molecular flexibility index (Phi) is 3.94. The van der Waals surface area contributed by atoms with Crippen molar-refractivity contribution in [2.45, 2.75) is 14.4 Å². The largest absolute Gasteiger partial charge is 0.304 e. The molecule has 3 nitrogen and oxygen atoms in total. The summed E-state index contributed by atoms with van der Waals surface area (Å²) in [5.74, 6) is 0.980. The normalized spacial score (nSPS) is 10.5. The summed E-state index contributed by atoms with van der Waals surface area (Å²) in [5.41, 5.74) is 4.25. The molecule has 4 aromatic rings. The van der Waals surface area contributed by atoms with Gasteiger partial charge in [-0.05, 0) is 31.2 Å². The number of imidazole rings is 1. The third-order valence-corrected chi connectivity index (χ3v) is 3.85. The van der Waals surface area contributed by atoms with E-state index in [4.69, 9.17) is 4.98 Å². The van der Waals surface area contributed by atoms with Gasteiger partial charge in [-0.15, -0.1) is 0 Å². The van der Waals surface area contributed by atoms with Crippen molar-refractivity contribution in [1.82, 2.24) is 14.5 Å². The van der Waals surface area contributed by atoms with E-state index in [1.165, 1.54) is 0 Å². The van der Waals surface area contributed by atoms with Gasteiger partial charge in [0.2, 0.25) is 0 Å². The quantitative estimate of drug-likeness (QED) is 0.520. The molecule has 0 aliphatic rings. The lowest BCUT2D eigenvalue weighted by molar-refractivity contribution is 0.976. The van der Waals surface area contributed by atoms with Crippen molar-refractivity contribution >= 4 is 10.9 Å². The van der Waals surface area contributed by atoms with E-state index in [0.29, 0.717) is 0 Å². The van der Waals surface area contributed by atoms with Crippen LogP contribution in [0.25, 0.3) is 27.8 Å². The van der Waals surface area contributed by atoms with E-state index in [9.17, 15) is 0 Å². The molecule has 0 aliphatic heterocycles. The van der Waals surface area contributed by atoms with Crippen LogP contribution in [-0.4, -0.2) is 14.5 Å². The van der Waals surface area contributed by atoms with Crippen LogP contribution in [0.1, 0.15) is 13.3 Å². The van der Waals surface area contributed by atoms with Crippen LogP contribution in [0.5, 0.6) is 0 Å². The Bertz CT molecular complexity index is 939. The van der Waals surface area contributed by atoms with Gasteiger partial charge in [0.05, 0.1) is 11.2 Å². The molecule has 2 aromatic heterocycles. The highest BCUT2D eigenvalue weighted by atomic mass is 15.1. The van der Waals surface area contributed by atoms with Crippen LogP contribution in [-0.2, 0) is 0 Å². The van der Waals surface area contributed by atoms with Gasteiger partial charge in [0, 0.05) is 29.0 Å². The molecule has 2 aromatic carbocycles. The molecule has 3 heteroatoms. The van der Waals surface area contributed by atoms with Gasteiger partial charge in [0.25, 0.3) is 0 Å². The molecule has 0 bridgehead atoms. The first kappa shape index (κ1) is 15.0. The minimum absolute atomic E-state index is 0. The average molecular weight is 301 g/mol. The predicted molar refractivity (Wildman–Crippen MR) is 95.8 cm³/mol. The smallest absolute Gasteiger partial charge is 0.110 e. The average Bonchev–Trinajstić information content (AvgIpc) is 3.01. The number of hydrogen-bond donors (Lipinski definition) is 0. The maximum absolute atomic E-state index is 4.77. The summed E-state index contributed by atoms with van der Waals surface area (Å²) in [4.78, 5) is 9.04. The van der Waals surface area contributed by atoms with E-state index in [2.05, 4.69) is 52.0 Å². The molecule has 4 rings (SSSR count). The van der Waals surface area contributed by atoms with Crippen molar-refractivity contribution in [2.75, 3.05) is 0 Å². The molecule has 0 radical (unpaired) electrons. The minimum atomic E-state index is 0.